The number of nitrogens with two attached hydrogens (primary N) is 1. The molecular weight excluding hydrogens is 294 g/mol. The number of rotatable bonds is 3. The summed E-state index contributed by atoms with van der Waals surface area (Å²) in [4.78, 5) is 18.4. The van der Waals surface area contributed by atoms with Gasteiger partial charge in [-0.15, -0.1) is 11.3 Å². The third kappa shape index (κ3) is 2.52. The minimum atomic E-state index is -0.116. The number of hydrogen-bond acceptors (Lipinski definition) is 4. The van der Waals surface area contributed by atoms with E-state index in [0.29, 0.717) is 10.6 Å². The van der Waals surface area contributed by atoms with E-state index >= 15 is 0 Å². The van der Waals surface area contributed by atoms with Gasteiger partial charge < -0.3 is 11.1 Å². The minimum Gasteiger partial charge on any atom is -0.397 e. The zero-order valence-electron chi connectivity index (χ0n) is 12.9. The monoisotopic (exact) mass is 313 g/mol. The summed E-state index contributed by atoms with van der Waals surface area (Å²) in [7, 11) is 0. The van der Waals surface area contributed by atoms with E-state index in [1.165, 1.54) is 16.9 Å². The Morgan fingerprint density at radius 1 is 1.41 bits per heavy atom. The van der Waals surface area contributed by atoms with Gasteiger partial charge in [-0.1, -0.05) is 19.1 Å². The smallest absolute Gasteiger partial charge is 0.263 e. The molecule has 3 aromatic rings. The van der Waals surface area contributed by atoms with Crippen LogP contribution in [0, 0.1) is 6.92 Å². The van der Waals surface area contributed by atoms with E-state index in [1.54, 1.807) is 0 Å². The van der Waals surface area contributed by atoms with Gasteiger partial charge >= 0.3 is 0 Å². The normalized spacial score (nSPS) is 12.7. The molecular formula is C17H19N3OS. The van der Waals surface area contributed by atoms with Crippen molar-refractivity contribution in [3.05, 3.63) is 34.7 Å². The highest BCUT2D eigenvalue weighted by Gasteiger charge is 2.18. The van der Waals surface area contributed by atoms with Crippen molar-refractivity contribution in [2.75, 3.05) is 5.73 Å². The van der Waals surface area contributed by atoms with E-state index in [0.717, 1.165) is 27.5 Å². The summed E-state index contributed by atoms with van der Waals surface area (Å²) in [6.45, 7) is 6.06. The number of anilines is 1. The molecule has 0 aliphatic rings. The standard InChI is InChI=1S/C17H19N3OS/c1-4-10(3)19-16(21)15-14(18)12-8-11-6-5-9(2)7-13(11)20-17(12)22-15/h5-8,10H,4,18H2,1-3H3,(H,19,21). The largest absolute Gasteiger partial charge is 0.397 e. The molecule has 1 unspecified atom stereocenters. The van der Waals surface area contributed by atoms with Crippen LogP contribution in [0.2, 0.25) is 0 Å². The number of benzene rings is 1. The van der Waals surface area contributed by atoms with Crippen LogP contribution in [0.5, 0.6) is 0 Å². The predicted molar refractivity (Wildman–Crippen MR) is 93.5 cm³/mol. The number of fused-ring (bicyclic) bond motifs is 2. The third-order valence-corrected chi connectivity index (χ3v) is 4.98. The van der Waals surface area contributed by atoms with E-state index in [2.05, 4.69) is 16.4 Å². The van der Waals surface area contributed by atoms with Crippen molar-refractivity contribution in [3.63, 3.8) is 0 Å². The van der Waals surface area contributed by atoms with Crippen molar-refractivity contribution in [1.29, 1.82) is 0 Å². The Kier molecular flexibility index (Phi) is 3.74. The lowest BCUT2D eigenvalue weighted by Gasteiger charge is -2.10. The number of thiophene rings is 1. The second-order valence-corrected chi connectivity index (χ2v) is 6.66. The molecule has 22 heavy (non-hydrogen) atoms. The number of carbonyl (C=O) groups is 1. The van der Waals surface area contributed by atoms with Crippen molar-refractivity contribution in [2.24, 2.45) is 0 Å². The van der Waals surface area contributed by atoms with Crippen LogP contribution >= 0.6 is 11.3 Å². The highest BCUT2D eigenvalue weighted by molar-refractivity contribution is 7.21. The molecule has 3 rings (SSSR count). The number of amides is 1. The van der Waals surface area contributed by atoms with Gasteiger partial charge in [0.1, 0.15) is 9.71 Å². The van der Waals surface area contributed by atoms with Crippen LogP contribution in [-0.2, 0) is 0 Å². The first-order valence-electron chi connectivity index (χ1n) is 7.40. The Morgan fingerprint density at radius 3 is 2.91 bits per heavy atom. The lowest BCUT2D eigenvalue weighted by atomic mass is 10.1. The van der Waals surface area contributed by atoms with Crippen molar-refractivity contribution < 1.29 is 4.79 Å². The maximum Gasteiger partial charge on any atom is 0.263 e. The zero-order chi connectivity index (χ0) is 15.9. The van der Waals surface area contributed by atoms with Crippen LogP contribution in [0.4, 0.5) is 5.69 Å². The van der Waals surface area contributed by atoms with Gasteiger partial charge in [0, 0.05) is 16.8 Å². The number of pyridine rings is 1. The van der Waals surface area contributed by atoms with Crippen LogP contribution in [0.3, 0.4) is 0 Å². The number of carbonyl (C=O) groups excluding carboxylic acids is 1. The molecule has 0 saturated carbocycles. The van der Waals surface area contributed by atoms with Gasteiger partial charge in [-0.2, -0.15) is 0 Å². The quantitative estimate of drug-likeness (QED) is 0.771. The molecule has 0 bridgehead atoms. The van der Waals surface area contributed by atoms with Crippen LogP contribution in [0.25, 0.3) is 21.1 Å². The first-order valence-corrected chi connectivity index (χ1v) is 8.21. The SMILES string of the molecule is CCC(C)NC(=O)c1sc2nc3cc(C)ccc3cc2c1N. The number of aryl methyl sites for hydroxylation is 1. The zero-order valence-corrected chi connectivity index (χ0v) is 13.8. The Hall–Kier alpha value is -2.14. The van der Waals surface area contributed by atoms with E-state index in [9.17, 15) is 4.79 Å². The molecule has 0 spiro atoms. The molecule has 5 heteroatoms. The van der Waals surface area contributed by atoms with Crippen LogP contribution in [0.15, 0.2) is 24.3 Å². The molecule has 0 aliphatic heterocycles. The minimum absolute atomic E-state index is 0.116. The molecule has 2 aromatic heterocycles. The Bertz CT molecular complexity index is 869. The summed E-state index contributed by atoms with van der Waals surface area (Å²) < 4.78 is 0. The fourth-order valence-electron chi connectivity index (χ4n) is 2.36. The van der Waals surface area contributed by atoms with Gasteiger partial charge in [0.15, 0.2) is 0 Å². The number of aromatic nitrogens is 1. The molecule has 0 aliphatic carbocycles. The molecule has 0 saturated heterocycles. The molecule has 0 radical (unpaired) electrons. The molecule has 4 nitrogen and oxygen atoms in total. The Labute approximate surface area is 133 Å². The van der Waals surface area contributed by atoms with Gasteiger partial charge in [0.05, 0.1) is 11.2 Å². The summed E-state index contributed by atoms with van der Waals surface area (Å²) in [6.07, 6.45) is 0.887. The number of nitrogen functional groups attached to an aromatic ring is 1. The van der Waals surface area contributed by atoms with Gasteiger partial charge in [-0.05, 0) is 38.0 Å². The maximum absolute atomic E-state index is 12.3. The van der Waals surface area contributed by atoms with Gasteiger partial charge in [0.25, 0.3) is 5.91 Å². The molecule has 1 aromatic carbocycles. The Morgan fingerprint density at radius 2 is 2.18 bits per heavy atom. The highest BCUT2D eigenvalue weighted by atomic mass is 32.1. The van der Waals surface area contributed by atoms with Gasteiger partial charge in [-0.3, -0.25) is 4.79 Å². The van der Waals surface area contributed by atoms with Crippen LogP contribution in [0.1, 0.15) is 35.5 Å². The van der Waals surface area contributed by atoms with Gasteiger partial charge in [0.2, 0.25) is 0 Å². The van der Waals surface area contributed by atoms with E-state index in [4.69, 9.17) is 5.73 Å². The first kappa shape index (κ1) is 14.8. The average molecular weight is 313 g/mol. The second-order valence-electron chi connectivity index (χ2n) is 5.66. The fourth-order valence-corrected chi connectivity index (χ4v) is 3.35. The molecule has 1 amide bonds. The van der Waals surface area contributed by atoms with Crippen molar-refractivity contribution in [1.82, 2.24) is 10.3 Å². The van der Waals surface area contributed by atoms with Crippen molar-refractivity contribution in [2.45, 2.75) is 33.2 Å². The fraction of sp³-hybridized carbons (Fsp3) is 0.294. The number of hydrogen-bond donors (Lipinski definition) is 2. The van der Waals surface area contributed by atoms with Crippen molar-refractivity contribution >= 4 is 44.1 Å². The summed E-state index contributed by atoms with van der Waals surface area (Å²) in [5, 5.41) is 4.86. The van der Waals surface area contributed by atoms with Crippen molar-refractivity contribution in [3.8, 4) is 0 Å². The predicted octanol–water partition coefficient (Wildman–Crippen LogP) is 3.87. The van der Waals surface area contributed by atoms with E-state index in [-0.39, 0.29) is 11.9 Å². The lowest BCUT2D eigenvalue weighted by molar-refractivity contribution is 0.0944. The third-order valence-electron chi connectivity index (χ3n) is 3.87. The Balaban J connectivity index is 2.11. The van der Waals surface area contributed by atoms with E-state index < -0.39 is 0 Å². The van der Waals surface area contributed by atoms with Gasteiger partial charge in [-0.25, -0.2) is 4.98 Å². The summed E-state index contributed by atoms with van der Waals surface area (Å²) >= 11 is 1.36. The lowest BCUT2D eigenvalue weighted by Crippen LogP contribution is -2.31. The molecule has 3 N–H and O–H groups in total. The summed E-state index contributed by atoms with van der Waals surface area (Å²) in [5.74, 6) is -0.116. The second kappa shape index (κ2) is 5.57. The summed E-state index contributed by atoms with van der Waals surface area (Å²) in [6, 6.07) is 8.28. The number of nitrogens with one attached hydrogen (secondary N) is 1. The maximum atomic E-state index is 12.3. The topological polar surface area (TPSA) is 68.0 Å². The molecule has 2 heterocycles. The molecule has 0 fully saturated rings. The summed E-state index contributed by atoms with van der Waals surface area (Å²) in [5.41, 5.74) is 8.81. The van der Waals surface area contributed by atoms with Crippen LogP contribution < -0.4 is 11.1 Å². The highest BCUT2D eigenvalue weighted by Crippen LogP contribution is 2.34. The first-order chi connectivity index (χ1) is 10.5. The van der Waals surface area contributed by atoms with E-state index in [1.807, 2.05) is 39.0 Å². The average Bonchev–Trinajstić information content (AvgIpc) is 2.81. The molecule has 114 valence electrons. The number of nitrogens with zero attached hydrogens (tertiary/aromatic N) is 1. The van der Waals surface area contributed by atoms with Crippen LogP contribution in [-0.4, -0.2) is 16.9 Å². The molecule has 1 atom stereocenters.